The van der Waals surface area contributed by atoms with Crippen molar-refractivity contribution in [2.24, 2.45) is 0 Å². The van der Waals surface area contributed by atoms with Crippen molar-refractivity contribution in [1.29, 1.82) is 0 Å². The smallest absolute Gasteiger partial charge is 0.222 e. The number of rotatable bonds is 3. The fourth-order valence-corrected chi connectivity index (χ4v) is 2.30. The second-order valence-electron chi connectivity index (χ2n) is 4.68. The van der Waals surface area contributed by atoms with Gasteiger partial charge in [0, 0.05) is 7.05 Å². The first kappa shape index (κ1) is 12.1. The lowest BCUT2D eigenvalue weighted by Gasteiger charge is -2.23. The molecule has 1 aliphatic carbocycles. The lowest BCUT2D eigenvalue weighted by Crippen LogP contribution is -2.21. The standard InChI is InChI=1S/C13H21N3O/c1-9-12(14-3)15-10(2)16-13(9)17-11-7-5-4-6-8-11/h11H,4-8H2,1-3H3,(H,14,15,16). The van der Waals surface area contributed by atoms with Gasteiger partial charge in [0.05, 0.1) is 5.56 Å². The highest BCUT2D eigenvalue weighted by molar-refractivity contribution is 5.47. The van der Waals surface area contributed by atoms with Crippen molar-refractivity contribution in [3.63, 3.8) is 0 Å². The van der Waals surface area contributed by atoms with Gasteiger partial charge < -0.3 is 10.1 Å². The van der Waals surface area contributed by atoms with Crippen LogP contribution < -0.4 is 10.1 Å². The summed E-state index contributed by atoms with van der Waals surface area (Å²) in [6.45, 7) is 3.90. The number of hydrogen-bond donors (Lipinski definition) is 1. The highest BCUT2D eigenvalue weighted by atomic mass is 16.5. The highest BCUT2D eigenvalue weighted by Crippen LogP contribution is 2.26. The van der Waals surface area contributed by atoms with Crippen LogP contribution in [0.4, 0.5) is 5.82 Å². The van der Waals surface area contributed by atoms with Gasteiger partial charge in [-0.2, -0.15) is 4.98 Å². The van der Waals surface area contributed by atoms with Gasteiger partial charge in [0.1, 0.15) is 17.7 Å². The summed E-state index contributed by atoms with van der Waals surface area (Å²) in [4.78, 5) is 8.74. The third-order valence-corrected chi connectivity index (χ3v) is 3.28. The Bertz CT molecular complexity index is 386. The topological polar surface area (TPSA) is 47.0 Å². The first-order valence-corrected chi connectivity index (χ1v) is 6.40. The zero-order chi connectivity index (χ0) is 12.3. The fourth-order valence-electron chi connectivity index (χ4n) is 2.30. The molecule has 0 aliphatic heterocycles. The van der Waals surface area contributed by atoms with Crippen LogP contribution >= 0.6 is 0 Å². The van der Waals surface area contributed by atoms with E-state index in [4.69, 9.17) is 4.74 Å². The fraction of sp³-hybridized carbons (Fsp3) is 0.692. The van der Waals surface area contributed by atoms with Gasteiger partial charge in [0.2, 0.25) is 5.88 Å². The summed E-state index contributed by atoms with van der Waals surface area (Å²) in [6.07, 6.45) is 6.51. The predicted molar refractivity (Wildman–Crippen MR) is 68.6 cm³/mol. The summed E-state index contributed by atoms with van der Waals surface area (Å²) < 4.78 is 6.02. The Labute approximate surface area is 103 Å². The highest BCUT2D eigenvalue weighted by Gasteiger charge is 2.18. The van der Waals surface area contributed by atoms with Crippen LogP contribution in [-0.4, -0.2) is 23.1 Å². The van der Waals surface area contributed by atoms with E-state index in [9.17, 15) is 0 Å². The Morgan fingerprint density at radius 1 is 1.12 bits per heavy atom. The van der Waals surface area contributed by atoms with Crippen LogP contribution in [0.15, 0.2) is 0 Å². The largest absolute Gasteiger partial charge is 0.474 e. The molecule has 4 heteroatoms. The monoisotopic (exact) mass is 235 g/mol. The molecule has 0 saturated heterocycles. The summed E-state index contributed by atoms with van der Waals surface area (Å²) in [5.74, 6) is 2.36. The Morgan fingerprint density at radius 2 is 1.82 bits per heavy atom. The summed E-state index contributed by atoms with van der Waals surface area (Å²) >= 11 is 0. The molecule has 1 fully saturated rings. The van der Waals surface area contributed by atoms with Crippen molar-refractivity contribution in [2.75, 3.05) is 12.4 Å². The van der Waals surface area contributed by atoms with Crippen molar-refractivity contribution in [2.45, 2.75) is 52.1 Å². The lowest BCUT2D eigenvalue weighted by atomic mass is 9.98. The molecule has 1 saturated carbocycles. The molecular weight excluding hydrogens is 214 g/mol. The van der Waals surface area contributed by atoms with Gasteiger partial charge in [-0.1, -0.05) is 6.42 Å². The van der Waals surface area contributed by atoms with E-state index in [1.807, 2.05) is 20.9 Å². The van der Waals surface area contributed by atoms with Crippen molar-refractivity contribution in [1.82, 2.24) is 9.97 Å². The molecule has 4 nitrogen and oxygen atoms in total. The van der Waals surface area contributed by atoms with E-state index in [0.717, 1.165) is 35.9 Å². The average molecular weight is 235 g/mol. The van der Waals surface area contributed by atoms with Crippen molar-refractivity contribution < 1.29 is 4.74 Å². The van der Waals surface area contributed by atoms with Crippen LogP contribution in [0, 0.1) is 13.8 Å². The summed E-state index contributed by atoms with van der Waals surface area (Å²) in [6, 6.07) is 0. The molecule has 0 spiro atoms. The number of anilines is 1. The van der Waals surface area contributed by atoms with Gasteiger partial charge >= 0.3 is 0 Å². The molecule has 1 heterocycles. The van der Waals surface area contributed by atoms with Gasteiger partial charge in [-0.15, -0.1) is 0 Å². The number of nitrogens with zero attached hydrogens (tertiary/aromatic N) is 2. The lowest BCUT2D eigenvalue weighted by molar-refractivity contribution is 0.147. The molecule has 1 aromatic rings. The molecule has 1 N–H and O–H groups in total. The van der Waals surface area contributed by atoms with Crippen LogP contribution in [0.2, 0.25) is 0 Å². The molecule has 0 unspecified atom stereocenters. The Morgan fingerprint density at radius 3 is 2.47 bits per heavy atom. The molecule has 94 valence electrons. The molecule has 0 aromatic carbocycles. The second kappa shape index (κ2) is 5.34. The quantitative estimate of drug-likeness (QED) is 0.875. The van der Waals surface area contributed by atoms with Crippen LogP contribution in [0.1, 0.15) is 43.5 Å². The number of aromatic nitrogens is 2. The predicted octanol–water partition coefficient (Wildman–Crippen LogP) is 2.85. The maximum Gasteiger partial charge on any atom is 0.222 e. The van der Waals surface area contributed by atoms with E-state index in [-0.39, 0.29) is 0 Å². The van der Waals surface area contributed by atoms with Crippen LogP contribution in [-0.2, 0) is 0 Å². The minimum absolute atomic E-state index is 0.335. The molecule has 0 amide bonds. The number of aryl methyl sites for hydroxylation is 1. The molecule has 17 heavy (non-hydrogen) atoms. The van der Waals surface area contributed by atoms with E-state index < -0.39 is 0 Å². The Hall–Kier alpha value is -1.32. The zero-order valence-corrected chi connectivity index (χ0v) is 10.9. The summed E-state index contributed by atoms with van der Waals surface area (Å²) in [7, 11) is 1.87. The van der Waals surface area contributed by atoms with Crippen LogP contribution in [0.3, 0.4) is 0 Å². The summed E-state index contributed by atoms with van der Waals surface area (Å²) in [5, 5.41) is 3.08. The normalized spacial score (nSPS) is 16.9. The van der Waals surface area contributed by atoms with Crippen LogP contribution in [0.5, 0.6) is 5.88 Å². The summed E-state index contributed by atoms with van der Waals surface area (Å²) in [5.41, 5.74) is 1.00. The van der Waals surface area contributed by atoms with Gasteiger partial charge in [-0.3, -0.25) is 0 Å². The Balaban J connectivity index is 2.16. The van der Waals surface area contributed by atoms with E-state index in [1.54, 1.807) is 0 Å². The number of nitrogens with one attached hydrogen (secondary N) is 1. The molecule has 1 aliphatic rings. The van der Waals surface area contributed by atoms with E-state index in [2.05, 4.69) is 15.3 Å². The van der Waals surface area contributed by atoms with Gasteiger partial charge in [-0.05, 0) is 39.5 Å². The van der Waals surface area contributed by atoms with Crippen molar-refractivity contribution in [3.8, 4) is 5.88 Å². The SMILES string of the molecule is CNc1nc(C)nc(OC2CCCCC2)c1C. The third-order valence-electron chi connectivity index (χ3n) is 3.28. The van der Waals surface area contributed by atoms with Gasteiger partial charge in [0.25, 0.3) is 0 Å². The molecule has 0 atom stereocenters. The third kappa shape index (κ3) is 2.87. The Kier molecular flexibility index (Phi) is 3.82. The minimum Gasteiger partial charge on any atom is -0.474 e. The first-order valence-electron chi connectivity index (χ1n) is 6.40. The van der Waals surface area contributed by atoms with Gasteiger partial charge in [0.15, 0.2) is 0 Å². The molecule has 1 aromatic heterocycles. The maximum absolute atomic E-state index is 6.02. The first-order chi connectivity index (χ1) is 8.20. The van der Waals surface area contributed by atoms with E-state index >= 15 is 0 Å². The van der Waals surface area contributed by atoms with Crippen molar-refractivity contribution >= 4 is 5.82 Å². The van der Waals surface area contributed by atoms with Crippen molar-refractivity contribution in [3.05, 3.63) is 11.4 Å². The van der Waals surface area contributed by atoms with Gasteiger partial charge in [-0.25, -0.2) is 4.98 Å². The molecule has 0 radical (unpaired) electrons. The molecule has 0 bridgehead atoms. The molecular formula is C13H21N3O. The maximum atomic E-state index is 6.02. The second-order valence-corrected chi connectivity index (χ2v) is 4.68. The number of hydrogen-bond acceptors (Lipinski definition) is 4. The van der Waals surface area contributed by atoms with E-state index in [0.29, 0.717) is 6.10 Å². The van der Waals surface area contributed by atoms with Crippen LogP contribution in [0.25, 0.3) is 0 Å². The number of ether oxygens (including phenoxy) is 1. The zero-order valence-electron chi connectivity index (χ0n) is 10.9. The minimum atomic E-state index is 0.335. The van der Waals surface area contributed by atoms with E-state index in [1.165, 1.54) is 19.3 Å². The molecule has 2 rings (SSSR count). The average Bonchev–Trinajstić information content (AvgIpc) is 2.34.